The second kappa shape index (κ2) is 13.0. The number of rotatable bonds is 10. The molecule has 1 aliphatic heterocycles. The van der Waals surface area contributed by atoms with Gasteiger partial charge in [0.15, 0.2) is 5.96 Å². The van der Waals surface area contributed by atoms with Gasteiger partial charge in [-0.15, -0.1) is 0 Å². The lowest BCUT2D eigenvalue weighted by atomic mass is 9.99. The molecule has 6 heteroatoms. The first-order valence-corrected chi connectivity index (χ1v) is 10.5. The molecule has 0 atom stereocenters. The minimum atomic E-state index is 0.155. The fourth-order valence-corrected chi connectivity index (χ4v) is 3.34. The molecular formula is C20H41N5O. The summed E-state index contributed by atoms with van der Waals surface area (Å²) in [5.41, 5.74) is 0. The van der Waals surface area contributed by atoms with Crippen molar-refractivity contribution in [3.05, 3.63) is 0 Å². The van der Waals surface area contributed by atoms with E-state index in [2.05, 4.69) is 24.1 Å². The minimum absolute atomic E-state index is 0.155. The summed E-state index contributed by atoms with van der Waals surface area (Å²) in [6, 6.07) is 0. The van der Waals surface area contributed by atoms with E-state index in [9.17, 15) is 4.79 Å². The van der Waals surface area contributed by atoms with Crippen LogP contribution in [0.5, 0.6) is 0 Å². The lowest BCUT2D eigenvalue weighted by Gasteiger charge is -2.30. The van der Waals surface area contributed by atoms with Crippen molar-refractivity contribution in [2.24, 2.45) is 10.9 Å². The number of likely N-dealkylation sites (N-methyl/N-ethyl adjacent to an activating group) is 2. The molecule has 0 unspecified atom stereocenters. The van der Waals surface area contributed by atoms with Crippen LogP contribution >= 0.6 is 0 Å². The Hall–Kier alpha value is -1.30. The molecule has 152 valence electrons. The number of hydrogen-bond acceptors (Lipinski definition) is 3. The Labute approximate surface area is 161 Å². The zero-order valence-corrected chi connectivity index (χ0v) is 17.8. The molecule has 0 saturated carbocycles. The van der Waals surface area contributed by atoms with Gasteiger partial charge in [0.25, 0.3) is 0 Å². The SMILES string of the molecule is CCNC(=NCCCCN1CCC(C)CC1)N(C)CC(=O)N(CC)CC. The monoisotopic (exact) mass is 367 g/mol. The van der Waals surface area contributed by atoms with Gasteiger partial charge in [0.1, 0.15) is 0 Å². The highest BCUT2D eigenvalue weighted by atomic mass is 16.2. The van der Waals surface area contributed by atoms with Gasteiger partial charge in [0.2, 0.25) is 5.91 Å². The topological polar surface area (TPSA) is 51.2 Å². The van der Waals surface area contributed by atoms with Gasteiger partial charge in [-0.1, -0.05) is 6.92 Å². The molecule has 1 saturated heterocycles. The molecule has 0 aromatic carbocycles. The normalized spacial score (nSPS) is 16.6. The predicted octanol–water partition coefficient (Wildman–Crippen LogP) is 2.26. The fraction of sp³-hybridized carbons (Fsp3) is 0.900. The number of aliphatic imine (C=N–C) groups is 1. The third kappa shape index (κ3) is 8.39. The number of piperidine rings is 1. The van der Waals surface area contributed by atoms with Crippen LogP contribution in [-0.4, -0.2) is 86.0 Å². The Morgan fingerprint density at radius 2 is 1.81 bits per heavy atom. The number of likely N-dealkylation sites (tertiary alicyclic amines) is 1. The van der Waals surface area contributed by atoms with Crippen LogP contribution in [0.4, 0.5) is 0 Å². The van der Waals surface area contributed by atoms with E-state index in [1.807, 2.05) is 30.7 Å². The molecule has 1 aliphatic rings. The Balaban J connectivity index is 2.36. The number of carbonyl (C=O) groups excluding carboxylic acids is 1. The molecular weight excluding hydrogens is 326 g/mol. The average Bonchev–Trinajstić information content (AvgIpc) is 2.63. The van der Waals surface area contributed by atoms with Gasteiger partial charge in [-0.2, -0.15) is 0 Å². The van der Waals surface area contributed by atoms with Crippen molar-refractivity contribution in [3.63, 3.8) is 0 Å². The van der Waals surface area contributed by atoms with Crippen molar-refractivity contribution in [3.8, 4) is 0 Å². The van der Waals surface area contributed by atoms with Crippen LogP contribution in [0, 0.1) is 5.92 Å². The summed E-state index contributed by atoms with van der Waals surface area (Å²) in [6.07, 6.45) is 4.97. The molecule has 1 fully saturated rings. The molecule has 1 rings (SSSR count). The van der Waals surface area contributed by atoms with Gasteiger partial charge in [-0.3, -0.25) is 9.79 Å². The first-order valence-electron chi connectivity index (χ1n) is 10.5. The third-order valence-corrected chi connectivity index (χ3v) is 5.21. The van der Waals surface area contributed by atoms with Crippen LogP contribution in [0.25, 0.3) is 0 Å². The maximum atomic E-state index is 12.3. The second-order valence-corrected chi connectivity index (χ2v) is 7.39. The van der Waals surface area contributed by atoms with Crippen LogP contribution in [0.15, 0.2) is 4.99 Å². The van der Waals surface area contributed by atoms with Crippen molar-refractivity contribution >= 4 is 11.9 Å². The molecule has 0 spiro atoms. The summed E-state index contributed by atoms with van der Waals surface area (Å²) < 4.78 is 0. The first kappa shape index (κ1) is 22.7. The van der Waals surface area contributed by atoms with Crippen molar-refractivity contribution in [1.82, 2.24) is 20.0 Å². The lowest BCUT2D eigenvalue weighted by Crippen LogP contribution is -2.45. The predicted molar refractivity (Wildman–Crippen MR) is 111 cm³/mol. The summed E-state index contributed by atoms with van der Waals surface area (Å²) in [6.45, 7) is 15.7. The zero-order chi connectivity index (χ0) is 19.4. The van der Waals surface area contributed by atoms with Gasteiger partial charge in [-0.25, -0.2) is 0 Å². The molecule has 0 aromatic heterocycles. The van der Waals surface area contributed by atoms with Crippen LogP contribution in [0.2, 0.25) is 0 Å². The Bertz CT molecular complexity index is 414. The van der Waals surface area contributed by atoms with Crippen molar-refractivity contribution < 1.29 is 4.79 Å². The molecule has 1 heterocycles. The molecule has 0 bridgehead atoms. The van der Waals surface area contributed by atoms with Gasteiger partial charge < -0.3 is 20.0 Å². The van der Waals surface area contributed by atoms with Gasteiger partial charge in [0.05, 0.1) is 6.54 Å². The van der Waals surface area contributed by atoms with Gasteiger partial charge >= 0.3 is 0 Å². The summed E-state index contributed by atoms with van der Waals surface area (Å²) >= 11 is 0. The fourth-order valence-electron chi connectivity index (χ4n) is 3.34. The quantitative estimate of drug-likeness (QED) is 0.366. The highest BCUT2D eigenvalue weighted by Gasteiger charge is 2.16. The molecule has 0 aliphatic carbocycles. The molecule has 1 N–H and O–H groups in total. The summed E-state index contributed by atoms with van der Waals surface area (Å²) in [5, 5.41) is 3.30. The van der Waals surface area contributed by atoms with E-state index in [1.165, 1.54) is 38.9 Å². The van der Waals surface area contributed by atoms with E-state index in [0.717, 1.165) is 44.5 Å². The summed E-state index contributed by atoms with van der Waals surface area (Å²) in [7, 11) is 1.94. The van der Waals surface area contributed by atoms with Crippen molar-refractivity contribution in [2.45, 2.75) is 53.4 Å². The average molecular weight is 368 g/mol. The largest absolute Gasteiger partial charge is 0.357 e. The van der Waals surface area contributed by atoms with Crippen molar-refractivity contribution in [2.75, 3.05) is 59.4 Å². The number of amides is 1. The molecule has 1 amide bonds. The summed E-state index contributed by atoms with van der Waals surface area (Å²) in [4.78, 5) is 23.4. The molecule has 0 aromatic rings. The molecule has 6 nitrogen and oxygen atoms in total. The van der Waals surface area contributed by atoms with Crippen LogP contribution in [0.3, 0.4) is 0 Å². The van der Waals surface area contributed by atoms with Crippen molar-refractivity contribution in [1.29, 1.82) is 0 Å². The van der Waals surface area contributed by atoms with E-state index < -0.39 is 0 Å². The van der Waals surface area contributed by atoms with E-state index in [1.54, 1.807) is 0 Å². The number of nitrogens with one attached hydrogen (secondary N) is 1. The van der Waals surface area contributed by atoms with Gasteiger partial charge in [0, 0.05) is 33.2 Å². The standard InChI is InChI=1S/C20H41N5O/c1-6-21-20(23(5)17-19(26)25(7-2)8-3)22-13-9-10-14-24-15-11-18(4)12-16-24/h18H,6-17H2,1-5H3,(H,21,22). The Morgan fingerprint density at radius 1 is 1.15 bits per heavy atom. The smallest absolute Gasteiger partial charge is 0.242 e. The maximum absolute atomic E-state index is 12.3. The van der Waals surface area contributed by atoms with E-state index >= 15 is 0 Å². The van der Waals surface area contributed by atoms with E-state index in [4.69, 9.17) is 4.99 Å². The maximum Gasteiger partial charge on any atom is 0.242 e. The number of nitrogens with zero attached hydrogens (tertiary/aromatic N) is 4. The van der Waals surface area contributed by atoms with E-state index in [-0.39, 0.29) is 5.91 Å². The minimum Gasteiger partial charge on any atom is -0.357 e. The number of unbranched alkanes of at least 4 members (excludes halogenated alkanes) is 1. The summed E-state index contributed by atoms with van der Waals surface area (Å²) in [5.74, 6) is 1.88. The number of carbonyl (C=O) groups is 1. The van der Waals surface area contributed by atoms with E-state index in [0.29, 0.717) is 6.54 Å². The van der Waals surface area contributed by atoms with Gasteiger partial charge in [-0.05, 0) is 72.0 Å². The lowest BCUT2D eigenvalue weighted by molar-refractivity contribution is -0.131. The highest BCUT2D eigenvalue weighted by Crippen LogP contribution is 2.16. The Kier molecular flexibility index (Phi) is 11.3. The molecule has 26 heavy (non-hydrogen) atoms. The van der Waals surface area contributed by atoms with Crippen LogP contribution in [0.1, 0.15) is 53.4 Å². The first-order chi connectivity index (χ1) is 12.5. The Morgan fingerprint density at radius 3 is 2.38 bits per heavy atom. The third-order valence-electron chi connectivity index (χ3n) is 5.21. The zero-order valence-electron chi connectivity index (χ0n) is 17.8. The number of hydrogen-bond donors (Lipinski definition) is 1. The molecule has 0 radical (unpaired) electrons. The second-order valence-electron chi connectivity index (χ2n) is 7.39. The van der Waals surface area contributed by atoms with Crippen LogP contribution in [-0.2, 0) is 4.79 Å². The number of guanidine groups is 1. The van der Waals surface area contributed by atoms with Crippen LogP contribution < -0.4 is 5.32 Å². The highest BCUT2D eigenvalue weighted by molar-refractivity contribution is 5.86.